The van der Waals surface area contributed by atoms with E-state index < -0.39 is 86.6 Å². The number of hydrogen-bond acceptors (Lipinski definition) is 13. The first kappa shape index (κ1) is 47.9. The molecule has 0 amide bonds. The van der Waals surface area contributed by atoms with Gasteiger partial charge in [0, 0.05) is 41.3 Å². The first-order valence-electron chi connectivity index (χ1n) is 30.1. The number of nitrogens with zero attached hydrogens (tertiary/aromatic N) is 1. The van der Waals surface area contributed by atoms with Gasteiger partial charge in [-0.25, -0.2) is 4.79 Å². The van der Waals surface area contributed by atoms with Crippen molar-refractivity contribution in [3.8, 4) is 0 Å². The van der Waals surface area contributed by atoms with Crippen LogP contribution in [0.2, 0.25) is 0 Å². The molecule has 0 radical (unpaired) electrons. The lowest BCUT2D eigenvalue weighted by molar-refractivity contribution is -0.282. The van der Waals surface area contributed by atoms with Gasteiger partial charge in [-0.15, -0.1) is 0 Å². The lowest BCUT2D eigenvalue weighted by atomic mass is 9.32. The van der Waals surface area contributed by atoms with E-state index in [0.29, 0.717) is 42.4 Å². The van der Waals surface area contributed by atoms with Crippen molar-refractivity contribution < 1.29 is 53.1 Å². The molecule has 0 aromatic carbocycles. The minimum absolute atomic E-state index is 0.0430. The van der Waals surface area contributed by atoms with Gasteiger partial charge >= 0.3 is 11.9 Å². The molecule has 1 aromatic rings. The summed E-state index contributed by atoms with van der Waals surface area (Å²) in [6, 6.07) is 2.41. The third-order valence-electron chi connectivity index (χ3n) is 27.0. The molecule has 23 atom stereocenters. The average Bonchev–Trinajstić information content (AvgIpc) is 4.06. The molecular weight excluding hydrogens is 949 g/mol. The standard InChI is InChI=1S/C62H82N2O11/c1-32(2)20-37-23-38-22-36-10-15-58(17-16-57(29-58)13-6-7-14-57)59(36)26-35-25-54(3)50(40-12-19-71-44(40)24-41(43(66)28-65)33-8-9-39-34(21-33)11-18-64-31-63-27-42(39)64)73-53(70)51-62(54,74-51)55(4)46(35)60-30-72-52(69)48(59)61(38,60)75-56(37,5)47(60)45(67)49(55)68/h11-12,18-19,23,32-37,39,41-43,46-51,63,65-66,68H,6-10,13-17,20-22,24-31H2,1-5H3. The fourth-order valence-electron chi connectivity index (χ4n) is 24.9. The number of allylic oxidation sites excluding steroid dienone is 1. The number of fused-ring (bicyclic) bond motifs is 5. The second-order valence-electron chi connectivity index (χ2n) is 29.7. The molecule has 13 fully saturated rings. The molecule has 4 N–H and O–H groups in total. The predicted molar refractivity (Wildman–Crippen MR) is 271 cm³/mol. The Labute approximate surface area is 442 Å². The molecule has 13 nitrogen and oxygen atoms in total. The summed E-state index contributed by atoms with van der Waals surface area (Å²) in [4.78, 5) is 49.7. The van der Waals surface area contributed by atoms with E-state index in [1.165, 1.54) is 37.7 Å². The molecule has 15 aliphatic rings. The maximum absolute atomic E-state index is 16.4. The number of furan rings is 1. The van der Waals surface area contributed by atoms with Crippen LogP contribution in [-0.2, 0) is 39.8 Å². The zero-order valence-corrected chi connectivity index (χ0v) is 45.0. The summed E-state index contributed by atoms with van der Waals surface area (Å²) in [6.07, 6.45) is 21.2. The van der Waals surface area contributed by atoms with Crippen LogP contribution in [0.15, 0.2) is 40.7 Å². The van der Waals surface area contributed by atoms with Crippen LogP contribution in [0, 0.1) is 97.6 Å². The molecule has 5 bridgehead atoms. The van der Waals surface area contributed by atoms with E-state index >= 15 is 9.59 Å². The molecule has 6 spiro atoms. The topological polar surface area (TPSA) is 181 Å². The Morgan fingerprint density at radius 2 is 1.77 bits per heavy atom. The first-order valence-corrected chi connectivity index (χ1v) is 30.1. The number of carbonyl (C=O) groups excluding carboxylic acids is 3. The number of Topliss-reactive ketones (excluding diaryl/α,β-unsaturated/α-hetero) is 1. The van der Waals surface area contributed by atoms with Crippen LogP contribution < -0.4 is 5.32 Å². The van der Waals surface area contributed by atoms with Crippen LogP contribution in [0.1, 0.15) is 155 Å². The second kappa shape index (κ2) is 15.0. The van der Waals surface area contributed by atoms with Gasteiger partial charge < -0.3 is 43.6 Å². The van der Waals surface area contributed by atoms with Crippen LogP contribution in [0.5, 0.6) is 0 Å². The highest BCUT2D eigenvalue weighted by atomic mass is 16.7. The van der Waals surface area contributed by atoms with Crippen molar-refractivity contribution in [3.63, 3.8) is 0 Å². The van der Waals surface area contributed by atoms with E-state index in [9.17, 15) is 20.1 Å². The van der Waals surface area contributed by atoms with Gasteiger partial charge in [0.05, 0.1) is 48.5 Å². The van der Waals surface area contributed by atoms with E-state index in [2.05, 4.69) is 63.2 Å². The van der Waals surface area contributed by atoms with Gasteiger partial charge in [0.1, 0.15) is 35.8 Å². The van der Waals surface area contributed by atoms with E-state index in [4.69, 9.17) is 23.4 Å². The number of rotatable bonds is 8. The van der Waals surface area contributed by atoms with Crippen LogP contribution >= 0.6 is 0 Å². The number of nitrogens with one attached hydrogen (secondary N) is 1. The van der Waals surface area contributed by atoms with E-state index in [1.807, 2.05) is 6.07 Å². The van der Waals surface area contributed by atoms with Gasteiger partial charge in [0.15, 0.2) is 11.9 Å². The van der Waals surface area contributed by atoms with Crippen molar-refractivity contribution in [2.45, 2.75) is 191 Å². The van der Waals surface area contributed by atoms with Gasteiger partial charge in [-0.1, -0.05) is 52.7 Å². The van der Waals surface area contributed by atoms with Crippen molar-refractivity contribution in [1.82, 2.24) is 10.2 Å². The SMILES string of the molecule is CC(C)CC1C=C2CC3CCC4(CCC5(CCCC5)C4)C34CC3CC5(C)C(c6ccoc6CC(C(O)CO)C6CCC7C(C=CN8CNCC78)C6)OC(=O)C6OC65C5(C)C(O)C(=O)C6C1(C)OC21C4C(=O)OCC61C35. The maximum atomic E-state index is 16.4. The van der Waals surface area contributed by atoms with Crippen LogP contribution in [-0.4, -0.2) is 106 Å². The molecule has 23 unspecified atom stereocenters. The smallest absolute Gasteiger partial charge is 0.339 e. The van der Waals surface area contributed by atoms with Crippen LogP contribution in [0.25, 0.3) is 0 Å². The summed E-state index contributed by atoms with van der Waals surface area (Å²) in [5, 5.41) is 39.7. The van der Waals surface area contributed by atoms with Gasteiger partial charge in [-0.3, -0.25) is 14.9 Å². The average molecular weight is 1030 g/mol. The molecule has 13 heteroatoms. The lowest BCUT2D eigenvalue weighted by Gasteiger charge is -2.70. The van der Waals surface area contributed by atoms with Crippen molar-refractivity contribution in [3.05, 3.63) is 47.6 Å². The van der Waals surface area contributed by atoms with Crippen molar-refractivity contribution in [2.75, 3.05) is 26.4 Å². The predicted octanol–water partition coefficient (Wildman–Crippen LogP) is 7.75. The number of esters is 2. The number of hydrogen-bond donors (Lipinski definition) is 4. The third kappa shape index (κ3) is 5.23. The Hall–Kier alpha value is -3.07. The Kier molecular flexibility index (Phi) is 9.59. The summed E-state index contributed by atoms with van der Waals surface area (Å²) >= 11 is 0. The Morgan fingerprint density at radius 3 is 2.57 bits per heavy atom. The highest BCUT2D eigenvalue weighted by molar-refractivity contribution is 5.94. The minimum Gasteiger partial charge on any atom is -0.469 e. The van der Waals surface area contributed by atoms with Gasteiger partial charge in [0.25, 0.3) is 0 Å². The molecule has 1 aromatic heterocycles. The zero-order chi connectivity index (χ0) is 51.4. The van der Waals surface area contributed by atoms with Gasteiger partial charge in [-0.05, 0) is 178 Å². The molecule has 8 heterocycles. The molecule has 7 aliphatic heterocycles. The molecule has 8 saturated carbocycles. The number of ether oxygens (including phenoxy) is 4. The monoisotopic (exact) mass is 1030 g/mol. The van der Waals surface area contributed by atoms with Gasteiger partial charge in [-0.2, -0.15) is 0 Å². The van der Waals surface area contributed by atoms with Crippen molar-refractivity contribution in [1.29, 1.82) is 0 Å². The van der Waals surface area contributed by atoms with Crippen molar-refractivity contribution in [2.24, 2.45) is 97.6 Å². The van der Waals surface area contributed by atoms with Crippen LogP contribution in [0.4, 0.5) is 0 Å². The quantitative estimate of drug-likeness (QED) is 0.113. The van der Waals surface area contributed by atoms with E-state index in [-0.39, 0.29) is 65.4 Å². The summed E-state index contributed by atoms with van der Waals surface area (Å²) in [7, 11) is 0. The summed E-state index contributed by atoms with van der Waals surface area (Å²) in [5.74, 6) is -0.959. The summed E-state index contributed by atoms with van der Waals surface area (Å²) in [6.45, 7) is 12.5. The number of epoxide rings is 1. The normalized spacial score (nSPS) is 54.1. The Bertz CT molecular complexity index is 2730. The van der Waals surface area contributed by atoms with E-state index in [1.54, 1.807) is 6.26 Å². The van der Waals surface area contributed by atoms with Crippen LogP contribution in [0.3, 0.4) is 0 Å². The highest BCUT2D eigenvalue weighted by Crippen LogP contribution is 2.91. The number of ketones is 1. The second-order valence-corrected chi connectivity index (χ2v) is 29.7. The summed E-state index contributed by atoms with van der Waals surface area (Å²) in [5.41, 5.74) is -5.08. The summed E-state index contributed by atoms with van der Waals surface area (Å²) < 4.78 is 35.6. The molecule has 5 saturated heterocycles. The largest absolute Gasteiger partial charge is 0.469 e. The molecule has 16 rings (SSSR count). The molecule has 8 aliphatic carbocycles. The highest BCUT2D eigenvalue weighted by Gasteiger charge is 2.98. The van der Waals surface area contributed by atoms with Gasteiger partial charge in [0.2, 0.25) is 0 Å². The first-order chi connectivity index (χ1) is 35.9. The molecule has 406 valence electrons. The number of aliphatic hydroxyl groups is 3. The van der Waals surface area contributed by atoms with E-state index in [0.717, 1.165) is 83.0 Å². The lowest BCUT2D eigenvalue weighted by Crippen LogP contribution is -2.80. The Morgan fingerprint density at radius 1 is 0.947 bits per heavy atom. The number of aliphatic hydroxyl groups excluding tert-OH is 3. The zero-order valence-electron chi connectivity index (χ0n) is 45.0. The molecular formula is C62H82N2O11. The number of cyclic esters (lactones) is 2. The fourth-order valence-corrected chi connectivity index (χ4v) is 24.9. The Balaban J connectivity index is 0.859. The van der Waals surface area contributed by atoms with Crippen molar-refractivity contribution >= 4 is 17.7 Å². The fraction of sp³-hybridized carbons (Fsp3) is 0.823. The third-order valence-corrected chi connectivity index (χ3v) is 27.0. The molecule has 75 heavy (non-hydrogen) atoms. The minimum atomic E-state index is -1.49. The maximum Gasteiger partial charge on any atom is 0.339 e. The number of carbonyl (C=O) groups is 3.